The van der Waals surface area contributed by atoms with Crippen LogP contribution in [0.4, 0.5) is 0 Å². The lowest BCUT2D eigenvalue weighted by atomic mass is 9.66. The van der Waals surface area contributed by atoms with E-state index in [1.807, 2.05) is 0 Å². The summed E-state index contributed by atoms with van der Waals surface area (Å²) in [6, 6.07) is 0.274. The summed E-state index contributed by atoms with van der Waals surface area (Å²) < 4.78 is 11.2. The van der Waals surface area contributed by atoms with Crippen molar-refractivity contribution >= 4 is 0 Å². The first-order valence-electron chi connectivity index (χ1n) is 6.69. The van der Waals surface area contributed by atoms with Crippen LogP contribution in [0, 0.1) is 17.3 Å². The van der Waals surface area contributed by atoms with Crippen LogP contribution in [0.1, 0.15) is 39.0 Å². The summed E-state index contributed by atoms with van der Waals surface area (Å²) >= 11 is 0. The summed E-state index contributed by atoms with van der Waals surface area (Å²) in [7, 11) is 0. The molecule has 3 fully saturated rings. The van der Waals surface area contributed by atoms with Crippen LogP contribution in [0.3, 0.4) is 0 Å². The molecular weight excluding hydrogens is 202 g/mol. The van der Waals surface area contributed by atoms with Crippen molar-refractivity contribution in [2.45, 2.75) is 51.4 Å². The Hall–Kier alpha value is -0.120. The molecule has 2 aliphatic carbocycles. The Kier molecular flexibility index (Phi) is 2.73. The number of ether oxygens (including phenoxy) is 2. The average Bonchev–Trinajstić information content (AvgIpc) is 2.92. The fourth-order valence-corrected chi connectivity index (χ4v) is 4.32. The molecule has 4 atom stereocenters. The minimum absolute atomic E-state index is 0.0188. The SMILES string of the molecule is CC(N)C1(CC2OCCO2)CC2CCC1C2. The summed E-state index contributed by atoms with van der Waals surface area (Å²) in [6.07, 6.45) is 6.54. The molecule has 1 aliphatic heterocycles. The third-order valence-corrected chi connectivity index (χ3v) is 5.17. The van der Waals surface area contributed by atoms with Gasteiger partial charge < -0.3 is 15.2 Å². The molecule has 3 heteroatoms. The number of hydrogen-bond acceptors (Lipinski definition) is 3. The van der Waals surface area contributed by atoms with E-state index in [4.69, 9.17) is 15.2 Å². The van der Waals surface area contributed by atoms with E-state index in [-0.39, 0.29) is 12.3 Å². The van der Waals surface area contributed by atoms with Gasteiger partial charge in [0, 0.05) is 12.5 Å². The van der Waals surface area contributed by atoms with E-state index in [1.165, 1.54) is 25.7 Å². The van der Waals surface area contributed by atoms with E-state index < -0.39 is 0 Å². The van der Waals surface area contributed by atoms with Crippen LogP contribution in [-0.2, 0) is 9.47 Å². The highest BCUT2D eigenvalue weighted by Gasteiger charge is 2.53. The van der Waals surface area contributed by atoms with Crippen molar-refractivity contribution in [1.29, 1.82) is 0 Å². The van der Waals surface area contributed by atoms with Crippen molar-refractivity contribution < 1.29 is 9.47 Å². The molecule has 0 spiro atoms. The lowest BCUT2D eigenvalue weighted by Gasteiger charge is -2.42. The second-order valence-corrected chi connectivity index (χ2v) is 5.98. The monoisotopic (exact) mass is 225 g/mol. The maximum absolute atomic E-state index is 6.29. The van der Waals surface area contributed by atoms with E-state index in [0.717, 1.165) is 31.5 Å². The van der Waals surface area contributed by atoms with Gasteiger partial charge in [0.15, 0.2) is 6.29 Å². The second-order valence-electron chi connectivity index (χ2n) is 5.98. The molecule has 4 unspecified atom stereocenters. The quantitative estimate of drug-likeness (QED) is 0.798. The van der Waals surface area contributed by atoms with Crippen molar-refractivity contribution in [3.8, 4) is 0 Å². The van der Waals surface area contributed by atoms with Crippen molar-refractivity contribution in [2.75, 3.05) is 13.2 Å². The van der Waals surface area contributed by atoms with Gasteiger partial charge in [-0.1, -0.05) is 6.42 Å². The average molecular weight is 225 g/mol. The summed E-state index contributed by atoms with van der Waals surface area (Å²) in [5, 5.41) is 0. The number of hydrogen-bond donors (Lipinski definition) is 1. The normalized spacial score (nSPS) is 45.4. The van der Waals surface area contributed by atoms with Gasteiger partial charge in [0.25, 0.3) is 0 Å². The Labute approximate surface area is 97.7 Å². The van der Waals surface area contributed by atoms with Crippen LogP contribution in [0.25, 0.3) is 0 Å². The van der Waals surface area contributed by atoms with Crippen LogP contribution < -0.4 is 5.73 Å². The van der Waals surface area contributed by atoms with E-state index >= 15 is 0 Å². The van der Waals surface area contributed by atoms with Gasteiger partial charge in [-0.15, -0.1) is 0 Å². The zero-order valence-corrected chi connectivity index (χ0v) is 10.2. The van der Waals surface area contributed by atoms with E-state index in [2.05, 4.69) is 6.92 Å². The molecule has 0 amide bonds. The highest BCUT2D eigenvalue weighted by atomic mass is 16.7. The van der Waals surface area contributed by atoms with Crippen molar-refractivity contribution in [2.24, 2.45) is 23.0 Å². The summed E-state index contributed by atoms with van der Waals surface area (Å²) in [5.41, 5.74) is 6.59. The first-order valence-corrected chi connectivity index (χ1v) is 6.69. The molecule has 2 bridgehead atoms. The standard InChI is InChI=1S/C13H23NO2/c1-9(14)13(8-12-15-4-5-16-12)7-10-2-3-11(13)6-10/h9-12H,2-8,14H2,1H3. The third-order valence-electron chi connectivity index (χ3n) is 5.17. The molecule has 2 saturated carbocycles. The molecule has 16 heavy (non-hydrogen) atoms. The number of nitrogens with two attached hydrogens (primary N) is 1. The highest BCUT2D eigenvalue weighted by Crippen LogP contribution is 2.59. The van der Waals surface area contributed by atoms with Gasteiger partial charge in [-0.3, -0.25) is 0 Å². The van der Waals surface area contributed by atoms with Crippen LogP contribution in [0.2, 0.25) is 0 Å². The molecule has 1 heterocycles. The molecule has 3 aliphatic rings. The highest BCUT2D eigenvalue weighted by molar-refractivity contribution is 5.04. The molecule has 1 saturated heterocycles. The minimum atomic E-state index is 0.0188. The van der Waals surface area contributed by atoms with Crippen molar-refractivity contribution in [3.05, 3.63) is 0 Å². The Bertz CT molecular complexity index is 263. The first kappa shape index (κ1) is 11.0. The van der Waals surface area contributed by atoms with Crippen molar-refractivity contribution in [1.82, 2.24) is 0 Å². The predicted octanol–water partition coefficient (Wildman–Crippen LogP) is 1.90. The minimum Gasteiger partial charge on any atom is -0.350 e. The molecule has 0 aromatic heterocycles. The topological polar surface area (TPSA) is 44.5 Å². The molecule has 3 nitrogen and oxygen atoms in total. The fourth-order valence-electron chi connectivity index (χ4n) is 4.32. The molecular formula is C13H23NO2. The van der Waals surface area contributed by atoms with E-state index in [9.17, 15) is 0 Å². The zero-order valence-electron chi connectivity index (χ0n) is 10.2. The first-order chi connectivity index (χ1) is 7.71. The Morgan fingerprint density at radius 1 is 1.31 bits per heavy atom. The van der Waals surface area contributed by atoms with Crippen LogP contribution >= 0.6 is 0 Å². The van der Waals surface area contributed by atoms with Gasteiger partial charge in [-0.05, 0) is 43.4 Å². The van der Waals surface area contributed by atoms with Crippen LogP contribution in [-0.4, -0.2) is 25.5 Å². The molecule has 2 N–H and O–H groups in total. The van der Waals surface area contributed by atoms with Gasteiger partial charge in [0.05, 0.1) is 13.2 Å². The van der Waals surface area contributed by atoms with E-state index in [0.29, 0.717) is 5.41 Å². The molecule has 92 valence electrons. The van der Waals surface area contributed by atoms with Crippen molar-refractivity contribution in [3.63, 3.8) is 0 Å². The largest absolute Gasteiger partial charge is 0.350 e. The maximum Gasteiger partial charge on any atom is 0.158 e. The third kappa shape index (κ3) is 1.60. The van der Waals surface area contributed by atoms with Gasteiger partial charge in [-0.25, -0.2) is 0 Å². The van der Waals surface area contributed by atoms with Crippen LogP contribution in [0.5, 0.6) is 0 Å². The Morgan fingerprint density at radius 2 is 2.06 bits per heavy atom. The van der Waals surface area contributed by atoms with Gasteiger partial charge in [0.2, 0.25) is 0 Å². The Morgan fingerprint density at radius 3 is 2.56 bits per heavy atom. The van der Waals surface area contributed by atoms with Gasteiger partial charge >= 0.3 is 0 Å². The summed E-state index contributed by atoms with van der Waals surface area (Å²) in [5.74, 6) is 1.75. The number of rotatable bonds is 3. The lowest BCUT2D eigenvalue weighted by Crippen LogP contribution is -2.46. The fraction of sp³-hybridized carbons (Fsp3) is 1.00. The number of fused-ring (bicyclic) bond motifs is 2. The molecule has 0 radical (unpaired) electrons. The molecule has 3 rings (SSSR count). The summed E-state index contributed by atoms with van der Waals surface area (Å²) in [4.78, 5) is 0. The van der Waals surface area contributed by atoms with Gasteiger partial charge in [0.1, 0.15) is 0 Å². The summed E-state index contributed by atoms with van der Waals surface area (Å²) in [6.45, 7) is 3.69. The maximum atomic E-state index is 6.29. The smallest absolute Gasteiger partial charge is 0.158 e. The Balaban J connectivity index is 1.75. The lowest BCUT2D eigenvalue weighted by molar-refractivity contribution is -0.0880. The zero-order chi connectivity index (χ0) is 11.2. The van der Waals surface area contributed by atoms with E-state index in [1.54, 1.807) is 0 Å². The molecule has 0 aromatic rings. The van der Waals surface area contributed by atoms with Crippen LogP contribution in [0.15, 0.2) is 0 Å². The van der Waals surface area contributed by atoms with Gasteiger partial charge in [-0.2, -0.15) is 0 Å². The predicted molar refractivity (Wildman–Crippen MR) is 61.8 cm³/mol. The molecule has 0 aromatic carbocycles. The second kappa shape index (κ2) is 3.97.